The zero-order chi connectivity index (χ0) is 13.9. The Morgan fingerprint density at radius 3 is 2.37 bits per heavy atom. The first-order valence-corrected chi connectivity index (χ1v) is 7.40. The van der Waals surface area contributed by atoms with E-state index in [1.54, 1.807) is 5.57 Å². The van der Waals surface area contributed by atoms with E-state index in [1.165, 1.54) is 24.8 Å². The lowest BCUT2D eigenvalue weighted by Gasteiger charge is -2.31. The Bertz CT molecular complexity index is 425. The largest absolute Gasteiger partial charge is 0.296 e. The van der Waals surface area contributed by atoms with Crippen LogP contribution in [0, 0.1) is 5.41 Å². The molecule has 1 aromatic rings. The van der Waals surface area contributed by atoms with Gasteiger partial charge in [0.15, 0.2) is 0 Å². The molecule has 0 saturated carbocycles. The van der Waals surface area contributed by atoms with Crippen molar-refractivity contribution in [3.05, 3.63) is 47.5 Å². The summed E-state index contributed by atoms with van der Waals surface area (Å²) in [6, 6.07) is 11.4. The topological polar surface area (TPSA) is 3.24 Å². The Morgan fingerprint density at radius 2 is 1.79 bits per heavy atom. The number of likely N-dealkylation sites (N-methyl/N-ethyl adjacent to an activating group) is 1. The van der Waals surface area contributed by atoms with Gasteiger partial charge in [0, 0.05) is 12.6 Å². The third kappa shape index (κ3) is 3.94. The molecular formula is C18H27N. The van der Waals surface area contributed by atoms with E-state index in [4.69, 9.17) is 0 Å². The van der Waals surface area contributed by atoms with E-state index in [2.05, 4.69) is 69.1 Å². The van der Waals surface area contributed by atoms with Crippen LogP contribution in [0.2, 0.25) is 0 Å². The predicted molar refractivity (Wildman–Crippen MR) is 83.3 cm³/mol. The first-order chi connectivity index (χ1) is 8.97. The van der Waals surface area contributed by atoms with E-state index in [0.29, 0.717) is 11.5 Å². The molecule has 1 heteroatoms. The molecule has 1 nitrogen and oxygen atoms in total. The molecule has 1 aromatic carbocycles. The number of aryl methyl sites for hydroxylation is 1. The molecule has 0 amide bonds. The van der Waals surface area contributed by atoms with Crippen LogP contribution in [-0.2, 0) is 6.42 Å². The second kappa shape index (κ2) is 5.92. The summed E-state index contributed by atoms with van der Waals surface area (Å²) in [6.45, 7) is 8.14. The summed E-state index contributed by atoms with van der Waals surface area (Å²) >= 11 is 0. The Hall–Kier alpha value is -1.08. The summed E-state index contributed by atoms with van der Waals surface area (Å²) in [4.78, 5) is 2.48. The number of hydrogen-bond donors (Lipinski definition) is 0. The predicted octanol–water partition coefficient (Wildman–Crippen LogP) is 4.30. The molecule has 0 aliphatic carbocycles. The maximum absolute atomic E-state index is 2.50. The van der Waals surface area contributed by atoms with Gasteiger partial charge in [0.25, 0.3) is 0 Å². The standard InChI is InChI=1S/C18H27N/c1-18(2,3)17-13-16(14-19(17)4)12-8-11-15-9-6-5-7-10-15/h5-7,9-10,13,17H,8,11-12,14H2,1-4H3/t17-/m0/s1. The minimum Gasteiger partial charge on any atom is -0.296 e. The Labute approximate surface area is 118 Å². The second-order valence-electron chi connectivity index (χ2n) is 6.89. The number of hydrogen-bond acceptors (Lipinski definition) is 1. The minimum absolute atomic E-state index is 0.343. The van der Waals surface area contributed by atoms with Crippen molar-refractivity contribution in [2.45, 2.75) is 46.1 Å². The summed E-state index contributed by atoms with van der Waals surface area (Å²) in [7, 11) is 2.25. The highest BCUT2D eigenvalue weighted by Gasteiger charge is 2.30. The lowest BCUT2D eigenvalue weighted by atomic mass is 9.86. The highest BCUT2D eigenvalue weighted by atomic mass is 15.1. The molecule has 1 atom stereocenters. The highest BCUT2D eigenvalue weighted by Crippen LogP contribution is 2.31. The molecule has 0 saturated heterocycles. The van der Waals surface area contributed by atoms with Crippen LogP contribution in [0.15, 0.2) is 42.0 Å². The highest BCUT2D eigenvalue weighted by molar-refractivity contribution is 5.19. The Morgan fingerprint density at radius 1 is 1.11 bits per heavy atom. The number of rotatable bonds is 4. The molecule has 2 rings (SSSR count). The van der Waals surface area contributed by atoms with Gasteiger partial charge in [0.1, 0.15) is 0 Å². The van der Waals surface area contributed by atoms with Crippen molar-refractivity contribution in [2.75, 3.05) is 13.6 Å². The SMILES string of the molecule is CN1CC(CCCc2ccccc2)=C[C@H]1C(C)(C)C. The maximum atomic E-state index is 2.50. The minimum atomic E-state index is 0.343. The van der Waals surface area contributed by atoms with Crippen molar-refractivity contribution in [3.8, 4) is 0 Å². The van der Waals surface area contributed by atoms with Crippen molar-refractivity contribution >= 4 is 0 Å². The van der Waals surface area contributed by atoms with E-state index in [1.807, 2.05) is 0 Å². The van der Waals surface area contributed by atoms with Crippen LogP contribution in [0.25, 0.3) is 0 Å². The Kier molecular flexibility index (Phi) is 4.46. The van der Waals surface area contributed by atoms with Crippen molar-refractivity contribution < 1.29 is 0 Å². The van der Waals surface area contributed by atoms with Gasteiger partial charge in [0.05, 0.1) is 0 Å². The molecular weight excluding hydrogens is 230 g/mol. The fourth-order valence-corrected chi connectivity index (χ4v) is 3.06. The average molecular weight is 257 g/mol. The molecule has 1 aliphatic heterocycles. The monoisotopic (exact) mass is 257 g/mol. The zero-order valence-corrected chi connectivity index (χ0v) is 12.8. The van der Waals surface area contributed by atoms with Gasteiger partial charge < -0.3 is 0 Å². The van der Waals surface area contributed by atoms with E-state index >= 15 is 0 Å². The number of benzene rings is 1. The molecule has 0 fully saturated rings. The maximum Gasteiger partial charge on any atom is 0.0330 e. The molecule has 0 N–H and O–H groups in total. The lowest BCUT2D eigenvalue weighted by molar-refractivity contribution is 0.192. The smallest absolute Gasteiger partial charge is 0.0330 e. The fraction of sp³-hybridized carbons (Fsp3) is 0.556. The quantitative estimate of drug-likeness (QED) is 0.727. The molecule has 104 valence electrons. The molecule has 19 heavy (non-hydrogen) atoms. The normalized spacial score (nSPS) is 20.6. The zero-order valence-electron chi connectivity index (χ0n) is 12.8. The van der Waals surface area contributed by atoms with Crippen LogP contribution in [-0.4, -0.2) is 24.5 Å². The lowest BCUT2D eigenvalue weighted by Crippen LogP contribution is -2.36. The van der Waals surface area contributed by atoms with E-state index in [0.717, 1.165) is 6.54 Å². The van der Waals surface area contributed by atoms with Crippen LogP contribution in [0.5, 0.6) is 0 Å². The molecule has 0 unspecified atom stereocenters. The van der Waals surface area contributed by atoms with Crippen molar-refractivity contribution in [3.63, 3.8) is 0 Å². The van der Waals surface area contributed by atoms with Crippen molar-refractivity contribution in [1.82, 2.24) is 4.90 Å². The van der Waals surface area contributed by atoms with Crippen LogP contribution in [0.4, 0.5) is 0 Å². The van der Waals surface area contributed by atoms with Crippen molar-refractivity contribution in [1.29, 1.82) is 0 Å². The van der Waals surface area contributed by atoms with Crippen LogP contribution in [0.3, 0.4) is 0 Å². The average Bonchev–Trinajstić information content (AvgIpc) is 2.72. The molecule has 0 aromatic heterocycles. The van der Waals surface area contributed by atoms with Gasteiger partial charge in [-0.15, -0.1) is 0 Å². The van der Waals surface area contributed by atoms with Gasteiger partial charge in [0.2, 0.25) is 0 Å². The third-order valence-corrected chi connectivity index (χ3v) is 4.01. The molecule has 0 bridgehead atoms. The van der Waals surface area contributed by atoms with Gasteiger partial charge in [-0.05, 0) is 37.3 Å². The first kappa shape index (κ1) is 14.3. The van der Waals surface area contributed by atoms with Gasteiger partial charge in [-0.25, -0.2) is 0 Å². The summed E-state index contributed by atoms with van der Waals surface area (Å²) in [5.74, 6) is 0. The van der Waals surface area contributed by atoms with Crippen LogP contribution in [0.1, 0.15) is 39.2 Å². The Balaban J connectivity index is 1.84. The van der Waals surface area contributed by atoms with Gasteiger partial charge in [-0.2, -0.15) is 0 Å². The molecule has 1 heterocycles. The first-order valence-electron chi connectivity index (χ1n) is 7.40. The van der Waals surface area contributed by atoms with E-state index in [9.17, 15) is 0 Å². The number of nitrogens with zero attached hydrogens (tertiary/aromatic N) is 1. The van der Waals surface area contributed by atoms with Gasteiger partial charge in [-0.3, -0.25) is 4.90 Å². The third-order valence-electron chi connectivity index (χ3n) is 4.01. The molecule has 0 radical (unpaired) electrons. The second-order valence-corrected chi connectivity index (χ2v) is 6.89. The van der Waals surface area contributed by atoms with Crippen molar-refractivity contribution in [2.24, 2.45) is 5.41 Å². The summed E-state index contributed by atoms with van der Waals surface area (Å²) in [5, 5.41) is 0. The molecule has 1 aliphatic rings. The summed E-state index contributed by atoms with van der Waals surface area (Å²) in [6.07, 6.45) is 6.21. The molecule has 0 spiro atoms. The summed E-state index contributed by atoms with van der Waals surface area (Å²) in [5.41, 5.74) is 3.43. The van der Waals surface area contributed by atoms with Crippen LogP contribution >= 0.6 is 0 Å². The van der Waals surface area contributed by atoms with Gasteiger partial charge >= 0.3 is 0 Å². The summed E-state index contributed by atoms with van der Waals surface area (Å²) < 4.78 is 0. The van der Waals surface area contributed by atoms with E-state index in [-0.39, 0.29) is 0 Å². The van der Waals surface area contributed by atoms with Gasteiger partial charge in [-0.1, -0.05) is 62.8 Å². The van der Waals surface area contributed by atoms with Crippen LogP contribution < -0.4 is 0 Å². The van der Waals surface area contributed by atoms with E-state index < -0.39 is 0 Å². The fourth-order valence-electron chi connectivity index (χ4n) is 3.06.